The first-order valence-corrected chi connectivity index (χ1v) is 5.53. The molecule has 0 bridgehead atoms. The monoisotopic (exact) mass is 249 g/mol. The fraction of sp³-hybridized carbons (Fsp3) is 0.385. The maximum atomic E-state index is 11.4. The van der Waals surface area contributed by atoms with Crippen molar-refractivity contribution in [3.8, 4) is 17.6 Å². The van der Waals surface area contributed by atoms with Gasteiger partial charge in [0.1, 0.15) is 0 Å². The lowest BCUT2D eigenvalue weighted by Crippen LogP contribution is -2.26. The first kappa shape index (κ1) is 13.8. The summed E-state index contributed by atoms with van der Waals surface area (Å²) in [5.74, 6) is 0.367. The van der Waals surface area contributed by atoms with Crippen molar-refractivity contribution in [3.05, 3.63) is 23.8 Å². The molecule has 0 heterocycles. The third-order valence-corrected chi connectivity index (χ3v) is 2.21. The van der Waals surface area contributed by atoms with Gasteiger partial charge in [0.15, 0.2) is 17.6 Å². The molecule has 0 aliphatic rings. The number of hydrogen-bond donors (Lipinski definition) is 0. The maximum Gasteiger partial charge on any atom is 0.347 e. The van der Waals surface area contributed by atoms with Crippen LogP contribution >= 0.6 is 0 Å². The van der Waals surface area contributed by atoms with Crippen molar-refractivity contribution < 1.29 is 19.0 Å². The minimum absolute atomic E-state index is 0.303. The molecule has 0 saturated heterocycles. The fourth-order valence-corrected chi connectivity index (χ4v) is 1.33. The van der Waals surface area contributed by atoms with Crippen molar-refractivity contribution in [1.29, 1.82) is 5.26 Å². The lowest BCUT2D eigenvalue weighted by molar-refractivity contribution is -0.150. The summed E-state index contributed by atoms with van der Waals surface area (Å²) in [7, 11) is 1.47. The predicted octanol–water partition coefficient (Wildman–Crippen LogP) is 1.90. The highest BCUT2D eigenvalue weighted by atomic mass is 16.6. The van der Waals surface area contributed by atoms with E-state index in [0.29, 0.717) is 23.7 Å². The Morgan fingerprint density at radius 2 is 2.17 bits per heavy atom. The zero-order valence-corrected chi connectivity index (χ0v) is 10.6. The first-order valence-electron chi connectivity index (χ1n) is 5.53. The zero-order valence-electron chi connectivity index (χ0n) is 10.6. The second kappa shape index (κ2) is 6.50. The molecule has 1 atom stereocenters. The van der Waals surface area contributed by atoms with Gasteiger partial charge in [-0.05, 0) is 26.0 Å². The summed E-state index contributed by atoms with van der Waals surface area (Å²) >= 11 is 0. The third kappa shape index (κ3) is 3.39. The Kier molecular flexibility index (Phi) is 5.00. The van der Waals surface area contributed by atoms with Crippen LogP contribution in [0.2, 0.25) is 0 Å². The lowest BCUT2D eigenvalue weighted by atomic mass is 10.2. The van der Waals surface area contributed by atoms with Crippen molar-refractivity contribution in [1.82, 2.24) is 0 Å². The Balaban J connectivity index is 2.84. The summed E-state index contributed by atoms with van der Waals surface area (Å²) in [4.78, 5) is 11.4. The number of benzene rings is 1. The van der Waals surface area contributed by atoms with Gasteiger partial charge in [-0.15, -0.1) is 0 Å². The van der Waals surface area contributed by atoms with E-state index in [4.69, 9.17) is 19.5 Å². The number of nitriles is 1. The Morgan fingerprint density at radius 3 is 2.72 bits per heavy atom. The van der Waals surface area contributed by atoms with E-state index in [1.165, 1.54) is 7.11 Å². The van der Waals surface area contributed by atoms with Gasteiger partial charge in [-0.3, -0.25) is 0 Å². The zero-order chi connectivity index (χ0) is 13.5. The summed E-state index contributed by atoms with van der Waals surface area (Å²) in [5.41, 5.74) is 0.461. The number of nitrogens with zero attached hydrogens (tertiary/aromatic N) is 1. The molecule has 0 aliphatic heterocycles. The average molecular weight is 249 g/mol. The summed E-state index contributed by atoms with van der Waals surface area (Å²) in [6, 6.07) is 6.73. The molecule has 0 aromatic heterocycles. The Labute approximate surface area is 106 Å². The van der Waals surface area contributed by atoms with Crippen LogP contribution in [0.15, 0.2) is 18.2 Å². The van der Waals surface area contributed by atoms with Gasteiger partial charge in [0, 0.05) is 6.07 Å². The smallest absolute Gasteiger partial charge is 0.347 e. The van der Waals surface area contributed by atoms with E-state index in [1.807, 2.05) is 6.07 Å². The van der Waals surface area contributed by atoms with E-state index in [1.54, 1.807) is 32.0 Å². The highest BCUT2D eigenvalue weighted by Gasteiger charge is 2.17. The van der Waals surface area contributed by atoms with Crippen molar-refractivity contribution >= 4 is 5.97 Å². The topological polar surface area (TPSA) is 68.5 Å². The molecule has 5 heteroatoms. The molecule has 0 spiro atoms. The number of rotatable bonds is 5. The molecular formula is C13H15NO4. The molecule has 18 heavy (non-hydrogen) atoms. The van der Waals surface area contributed by atoms with Crippen LogP contribution < -0.4 is 9.47 Å². The van der Waals surface area contributed by atoms with Gasteiger partial charge in [-0.25, -0.2) is 4.79 Å². The molecule has 0 unspecified atom stereocenters. The van der Waals surface area contributed by atoms with E-state index in [9.17, 15) is 4.79 Å². The normalized spacial score (nSPS) is 11.2. The molecule has 96 valence electrons. The highest BCUT2D eigenvalue weighted by molar-refractivity contribution is 5.74. The number of ether oxygens (including phenoxy) is 3. The molecule has 1 aromatic carbocycles. The number of carbonyl (C=O) groups excluding carboxylic acids is 1. The van der Waals surface area contributed by atoms with Crippen LogP contribution in [0.1, 0.15) is 19.4 Å². The maximum absolute atomic E-state index is 11.4. The van der Waals surface area contributed by atoms with Gasteiger partial charge in [0.2, 0.25) is 0 Å². The lowest BCUT2D eigenvalue weighted by Gasteiger charge is -2.15. The molecule has 1 aromatic rings. The van der Waals surface area contributed by atoms with E-state index in [-0.39, 0.29) is 0 Å². The second-order valence-corrected chi connectivity index (χ2v) is 3.49. The average Bonchev–Trinajstić information content (AvgIpc) is 2.39. The largest absolute Gasteiger partial charge is 0.493 e. The Hall–Kier alpha value is -2.22. The van der Waals surface area contributed by atoms with Gasteiger partial charge in [-0.2, -0.15) is 5.26 Å². The quantitative estimate of drug-likeness (QED) is 0.745. The minimum Gasteiger partial charge on any atom is -0.493 e. The van der Waals surface area contributed by atoms with Crippen molar-refractivity contribution in [3.63, 3.8) is 0 Å². The summed E-state index contributed by atoms with van der Waals surface area (Å²) in [6.45, 7) is 3.62. The van der Waals surface area contributed by atoms with Crippen LogP contribution in [0.4, 0.5) is 0 Å². The van der Waals surface area contributed by atoms with E-state index < -0.39 is 12.1 Å². The van der Waals surface area contributed by atoms with Gasteiger partial charge in [-0.1, -0.05) is 0 Å². The van der Waals surface area contributed by atoms with Crippen LogP contribution in [-0.4, -0.2) is 25.8 Å². The minimum atomic E-state index is -0.730. The van der Waals surface area contributed by atoms with Crippen LogP contribution in [0, 0.1) is 11.3 Å². The van der Waals surface area contributed by atoms with Gasteiger partial charge in [0.05, 0.1) is 25.3 Å². The standard InChI is InChI=1S/C13H15NO4/c1-4-17-13(15)9(2)18-11-6-5-10(8-14)7-12(11)16-3/h5-7,9H,4H2,1-3H3/t9-/m0/s1. The van der Waals surface area contributed by atoms with Gasteiger partial charge in [0.25, 0.3) is 0 Å². The van der Waals surface area contributed by atoms with E-state index >= 15 is 0 Å². The summed E-state index contributed by atoms with van der Waals surface area (Å²) < 4.78 is 15.4. The molecule has 0 N–H and O–H groups in total. The van der Waals surface area contributed by atoms with Crippen molar-refractivity contribution in [2.45, 2.75) is 20.0 Å². The SMILES string of the molecule is CCOC(=O)[C@H](C)Oc1ccc(C#N)cc1OC. The van der Waals surface area contributed by atoms with Crippen molar-refractivity contribution in [2.24, 2.45) is 0 Å². The number of carbonyl (C=O) groups is 1. The molecule has 0 fully saturated rings. The highest BCUT2D eigenvalue weighted by Crippen LogP contribution is 2.28. The van der Waals surface area contributed by atoms with Crippen molar-refractivity contribution in [2.75, 3.05) is 13.7 Å². The number of esters is 1. The first-order chi connectivity index (χ1) is 8.62. The van der Waals surface area contributed by atoms with Crippen LogP contribution in [0.25, 0.3) is 0 Å². The van der Waals surface area contributed by atoms with E-state index in [0.717, 1.165) is 0 Å². The van der Waals surface area contributed by atoms with Gasteiger partial charge < -0.3 is 14.2 Å². The van der Waals surface area contributed by atoms with E-state index in [2.05, 4.69) is 0 Å². The Morgan fingerprint density at radius 1 is 1.44 bits per heavy atom. The predicted molar refractivity (Wildman–Crippen MR) is 64.4 cm³/mol. The molecule has 0 amide bonds. The summed E-state index contributed by atoms with van der Waals surface area (Å²) in [6.07, 6.45) is -0.730. The second-order valence-electron chi connectivity index (χ2n) is 3.49. The van der Waals surface area contributed by atoms with Crippen LogP contribution in [0.5, 0.6) is 11.5 Å². The number of methoxy groups -OCH3 is 1. The summed E-state index contributed by atoms with van der Waals surface area (Å²) in [5, 5.41) is 8.77. The molecule has 0 radical (unpaired) electrons. The molecule has 1 rings (SSSR count). The molecular weight excluding hydrogens is 234 g/mol. The van der Waals surface area contributed by atoms with Crippen LogP contribution in [-0.2, 0) is 9.53 Å². The Bertz CT molecular complexity index is 465. The molecule has 0 aliphatic carbocycles. The van der Waals surface area contributed by atoms with Gasteiger partial charge >= 0.3 is 5.97 Å². The molecule has 0 saturated carbocycles. The molecule has 5 nitrogen and oxygen atoms in total. The fourth-order valence-electron chi connectivity index (χ4n) is 1.33. The van der Waals surface area contributed by atoms with Crippen LogP contribution in [0.3, 0.4) is 0 Å². The number of hydrogen-bond acceptors (Lipinski definition) is 5. The third-order valence-electron chi connectivity index (χ3n) is 2.21.